The summed E-state index contributed by atoms with van der Waals surface area (Å²) in [6, 6.07) is 10.9. The lowest BCUT2D eigenvalue weighted by atomic mass is 9.94. The number of carbonyl (C=O) groups excluding carboxylic acids is 1. The molecular formula is C13H17NO. The topological polar surface area (TPSA) is 20.3 Å². The number of hydrogen-bond donors (Lipinski definition) is 0. The molecule has 0 radical (unpaired) electrons. The zero-order chi connectivity index (χ0) is 10.8. The van der Waals surface area contributed by atoms with Crippen LogP contribution in [-0.4, -0.2) is 23.3 Å². The van der Waals surface area contributed by atoms with Gasteiger partial charge in [-0.25, -0.2) is 0 Å². The fourth-order valence-corrected chi connectivity index (χ4v) is 2.23. The summed E-state index contributed by atoms with van der Waals surface area (Å²) in [5, 5.41) is 0. The molecule has 0 bridgehead atoms. The van der Waals surface area contributed by atoms with Crippen LogP contribution in [0.2, 0.25) is 0 Å². The van der Waals surface area contributed by atoms with Gasteiger partial charge in [0.25, 0.3) is 0 Å². The average Bonchev–Trinajstić information content (AvgIpc) is 2.16. The van der Waals surface area contributed by atoms with Crippen molar-refractivity contribution in [2.75, 3.05) is 6.54 Å². The second-order valence-corrected chi connectivity index (χ2v) is 4.24. The summed E-state index contributed by atoms with van der Waals surface area (Å²) in [6.07, 6.45) is 1.02. The zero-order valence-corrected chi connectivity index (χ0v) is 9.31. The molecule has 1 aromatic rings. The maximum Gasteiger partial charge on any atom is 0.146 e. The summed E-state index contributed by atoms with van der Waals surface area (Å²) in [5.74, 6) is 0.295. The number of Topliss-reactive ketones (excluding diaryl/α,β-unsaturated/α-hetero) is 1. The van der Waals surface area contributed by atoms with Crippen molar-refractivity contribution in [1.29, 1.82) is 0 Å². The molecule has 2 nitrogen and oxygen atoms in total. The predicted octanol–water partition coefficient (Wildman–Crippen LogP) is 2.41. The Hall–Kier alpha value is -1.15. The Morgan fingerprint density at radius 2 is 2.07 bits per heavy atom. The van der Waals surface area contributed by atoms with E-state index in [1.165, 1.54) is 5.56 Å². The van der Waals surface area contributed by atoms with Crippen LogP contribution in [0, 0.1) is 0 Å². The number of carbonyl (C=O) groups is 1. The Morgan fingerprint density at radius 3 is 2.53 bits per heavy atom. The number of hydrogen-bond acceptors (Lipinski definition) is 2. The number of ketones is 1. The Balaban J connectivity index is 2.09. The van der Waals surface area contributed by atoms with Crippen LogP contribution >= 0.6 is 0 Å². The van der Waals surface area contributed by atoms with E-state index in [0.29, 0.717) is 11.8 Å². The summed E-state index contributed by atoms with van der Waals surface area (Å²) >= 11 is 0. The van der Waals surface area contributed by atoms with E-state index in [9.17, 15) is 4.79 Å². The van der Waals surface area contributed by atoms with Gasteiger partial charge in [0.05, 0.1) is 6.04 Å². The maximum atomic E-state index is 11.3. The minimum absolute atomic E-state index is 0.153. The molecular weight excluding hydrogens is 186 g/mol. The van der Waals surface area contributed by atoms with Crippen molar-refractivity contribution < 1.29 is 4.79 Å². The molecule has 0 spiro atoms. The monoisotopic (exact) mass is 203 g/mol. The molecule has 0 aromatic heterocycles. The van der Waals surface area contributed by atoms with Gasteiger partial charge in [-0.3, -0.25) is 9.69 Å². The van der Waals surface area contributed by atoms with Gasteiger partial charge in [-0.15, -0.1) is 0 Å². The average molecular weight is 203 g/mol. The van der Waals surface area contributed by atoms with E-state index in [0.717, 1.165) is 13.0 Å². The van der Waals surface area contributed by atoms with Crippen LogP contribution in [0.3, 0.4) is 0 Å². The Labute approximate surface area is 90.9 Å². The Morgan fingerprint density at radius 1 is 1.40 bits per heavy atom. The first-order valence-corrected chi connectivity index (χ1v) is 5.51. The number of benzene rings is 1. The molecule has 2 heteroatoms. The van der Waals surface area contributed by atoms with Gasteiger partial charge in [0.1, 0.15) is 5.78 Å². The molecule has 2 atom stereocenters. The van der Waals surface area contributed by atoms with Gasteiger partial charge >= 0.3 is 0 Å². The molecule has 0 aliphatic carbocycles. The maximum absolute atomic E-state index is 11.3. The highest BCUT2D eigenvalue weighted by Gasteiger charge is 2.35. The zero-order valence-electron chi connectivity index (χ0n) is 9.31. The highest BCUT2D eigenvalue weighted by atomic mass is 16.1. The van der Waals surface area contributed by atoms with Gasteiger partial charge < -0.3 is 0 Å². The summed E-state index contributed by atoms with van der Waals surface area (Å²) in [6.45, 7) is 4.90. The first kappa shape index (κ1) is 10.4. The van der Waals surface area contributed by atoms with Gasteiger partial charge in [0.15, 0.2) is 0 Å². The lowest BCUT2D eigenvalue weighted by molar-refractivity contribution is -0.128. The Bertz CT molecular complexity index is 347. The molecule has 1 aromatic carbocycles. The molecule has 1 saturated heterocycles. The highest BCUT2D eigenvalue weighted by Crippen LogP contribution is 2.30. The van der Waals surface area contributed by atoms with Gasteiger partial charge in [0, 0.05) is 12.6 Å². The quantitative estimate of drug-likeness (QED) is 0.752. The van der Waals surface area contributed by atoms with E-state index in [4.69, 9.17) is 0 Å². The van der Waals surface area contributed by atoms with Gasteiger partial charge in [0.2, 0.25) is 0 Å². The van der Waals surface area contributed by atoms with Crippen LogP contribution in [0.25, 0.3) is 0 Å². The smallest absolute Gasteiger partial charge is 0.146 e. The second kappa shape index (κ2) is 4.15. The summed E-state index contributed by atoms with van der Waals surface area (Å²) in [7, 11) is 0. The fraction of sp³-hybridized carbons (Fsp3) is 0.462. The molecule has 1 heterocycles. The molecule has 0 amide bonds. The second-order valence-electron chi connectivity index (χ2n) is 4.24. The normalized spacial score (nSPS) is 23.2. The van der Waals surface area contributed by atoms with Crippen molar-refractivity contribution in [3.8, 4) is 0 Å². The molecule has 1 fully saturated rings. The lowest BCUT2D eigenvalue weighted by Crippen LogP contribution is -2.52. The van der Waals surface area contributed by atoms with Gasteiger partial charge in [-0.05, 0) is 25.8 Å². The van der Waals surface area contributed by atoms with Crippen LogP contribution < -0.4 is 0 Å². The van der Waals surface area contributed by atoms with Crippen LogP contribution in [0.1, 0.15) is 31.9 Å². The minimum Gasteiger partial charge on any atom is -0.298 e. The third-order valence-electron chi connectivity index (χ3n) is 3.31. The van der Waals surface area contributed by atoms with Crippen molar-refractivity contribution in [3.05, 3.63) is 35.9 Å². The van der Waals surface area contributed by atoms with Crippen LogP contribution in [0.5, 0.6) is 0 Å². The molecule has 0 unspecified atom stereocenters. The Kier molecular flexibility index (Phi) is 2.87. The fourth-order valence-electron chi connectivity index (χ4n) is 2.23. The first-order valence-electron chi connectivity index (χ1n) is 5.51. The van der Waals surface area contributed by atoms with E-state index in [1.54, 1.807) is 6.92 Å². The first-order chi connectivity index (χ1) is 7.20. The standard InChI is InChI=1S/C13H17NO/c1-10(12-6-4-3-5-7-12)14-9-8-13(14)11(2)15/h3-7,10,13H,8-9H2,1-2H3/t10-,13+/m1/s1. The number of nitrogens with zero attached hydrogens (tertiary/aromatic N) is 1. The largest absolute Gasteiger partial charge is 0.298 e. The molecule has 0 N–H and O–H groups in total. The van der Waals surface area contributed by atoms with Crippen LogP contribution in [-0.2, 0) is 4.79 Å². The third-order valence-corrected chi connectivity index (χ3v) is 3.31. The van der Waals surface area contributed by atoms with Crippen molar-refractivity contribution >= 4 is 5.78 Å². The summed E-state index contributed by atoms with van der Waals surface area (Å²) < 4.78 is 0. The molecule has 80 valence electrons. The number of rotatable bonds is 3. The van der Waals surface area contributed by atoms with Crippen molar-refractivity contribution in [2.45, 2.75) is 32.4 Å². The van der Waals surface area contributed by atoms with E-state index in [-0.39, 0.29) is 6.04 Å². The highest BCUT2D eigenvalue weighted by molar-refractivity contribution is 5.82. The summed E-state index contributed by atoms with van der Waals surface area (Å²) in [4.78, 5) is 13.6. The molecule has 0 saturated carbocycles. The van der Waals surface area contributed by atoms with Crippen LogP contribution in [0.4, 0.5) is 0 Å². The van der Waals surface area contributed by atoms with Crippen LogP contribution in [0.15, 0.2) is 30.3 Å². The molecule has 1 aliphatic rings. The SMILES string of the molecule is CC(=O)[C@@H]1CCN1[C@H](C)c1ccccc1. The van der Waals surface area contributed by atoms with Crippen molar-refractivity contribution in [2.24, 2.45) is 0 Å². The van der Waals surface area contributed by atoms with E-state index in [1.807, 2.05) is 18.2 Å². The minimum atomic E-state index is 0.153. The van der Waals surface area contributed by atoms with Crippen molar-refractivity contribution in [1.82, 2.24) is 4.90 Å². The summed E-state index contributed by atoms with van der Waals surface area (Å²) in [5.41, 5.74) is 1.29. The molecule has 2 rings (SSSR count). The molecule has 15 heavy (non-hydrogen) atoms. The van der Waals surface area contributed by atoms with E-state index < -0.39 is 0 Å². The third kappa shape index (κ3) is 1.95. The van der Waals surface area contributed by atoms with Crippen molar-refractivity contribution in [3.63, 3.8) is 0 Å². The lowest BCUT2D eigenvalue weighted by Gasteiger charge is -2.43. The van der Waals surface area contributed by atoms with Gasteiger partial charge in [-0.2, -0.15) is 0 Å². The van der Waals surface area contributed by atoms with E-state index in [2.05, 4.69) is 24.0 Å². The number of likely N-dealkylation sites (tertiary alicyclic amines) is 1. The van der Waals surface area contributed by atoms with E-state index >= 15 is 0 Å². The van der Waals surface area contributed by atoms with Gasteiger partial charge in [-0.1, -0.05) is 30.3 Å². The predicted molar refractivity (Wildman–Crippen MR) is 60.6 cm³/mol. The molecule has 1 aliphatic heterocycles.